The lowest BCUT2D eigenvalue weighted by Gasteiger charge is -2.07. The van der Waals surface area contributed by atoms with E-state index in [2.05, 4.69) is 22.0 Å². The fourth-order valence-corrected chi connectivity index (χ4v) is 0.863. The SMILES string of the molecule is C=CCOc1ncnc(NN)c1C. The van der Waals surface area contributed by atoms with Gasteiger partial charge in [-0.25, -0.2) is 15.8 Å². The summed E-state index contributed by atoms with van der Waals surface area (Å²) >= 11 is 0. The first-order chi connectivity index (χ1) is 6.29. The Morgan fingerprint density at radius 2 is 2.46 bits per heavy atom. The molecule has 70 valence electrons. The van der Waals surface area contributed by atoms with Crippen molar-refractivity contribution in [1.29, 1.82) is 0 Å². The molecule has 0 aliphatic heterocycles. The molecule has 0 aliphatic carbocycles. The molecular formula is C8H12N4O. The predicted octanol–water partition coefficient (Wildman–Crippen LogP) is 0.635. The van der Waals surface area contributed by atoms with Crippen LogP contribution in [0.25, 0.3) is 0 Å². The number of nitrogens with one attached hydrogen (secondary N) is 1. The molecule has 0 aliphatic rings. The van der Waals surface area contributed by atoms with Crippen LogP contribution in [0.3, 0.4) is 0 Å². The number of aromatic nitrogens is 2. The third-order valence-electron chi connectivity index (χ3n) is 1.51. The number of hydrogen-bond donors (Lipinski definition) is 2. The number of ether oxygens (including phenoxy) is 1. The molecule has 1 rings (SSSR count). The zero-order valence-electron chi connectivity index (χ0n) is 7.45. The minimum atomic E-state index is 0.419. The zero-order valence-corrected chi connectivity index (χ0v) is 7.45. The highest BCUT2D eigenvalue weighted by atomic mass is 16.5. The maximum atomic E-state index is 5.26. The number of nitrogens with zero attached hydrogens (tertiary/aromatic N) is 2. The molecule has 3 N–H and O–H groups in total. The van der Waals surface area contributed by atoms with Gasteiger partial charge >= 0.3 is 0 Å². The third kappa shape index (κ3) is 2.16. The van der Waals surface area contributed by atoms with Crippen LogP contribution in [0.2, 0.25) is 0 Å². The lowest BCUT2D eigenvalue weighted by atomic mass is 10.3. The molecule has 13 heavy (non-hydrogen) atoms. The fraction of sp³-hybridized carbons (Fsp3) is 0.250. The van der Waals surface area contributed by atoms with Crippen molar-refractivity contribution in [3.8, 4) is 5.88 Å². The summed E-state index contributed by atoms with van der Waals surface area (Å²) < 4.78 is 5.26. The lowest BCUT2D eigenvalue weighted by Crippen LogP contribution is -2.11. The fourth-order valence-electron chi connectivity index (χ4n) is 0.863. The average Bonchev–Trinajstić information content (AvgIpc) is 2.16. The molecule has 0 bridgehead atoms. The van der Waals surface area contributed by atoms with E-state index in [4.69, 9.17) is 10.6 Å². The summed E-state index contributed by atoms with van der Waals surface area (Å²) in [6.45, 7) is 5.78. The van der Waals surface area contributed by atoms with E-state index in [0.717, 1.165) is 5.56 Å². The monoisotopic (exact) mass is 180 g/mol. The van der Waals surface area contributed by atoms with Crippen molar-refractivity contribution in [3.63, 3.8) is 0 Å². The van der Waals surface area contributed by atoms with E-state index in [1.807, 2.05) is 6.92 Å². The summed E-state index contributed by atoms with van der Waals surface area (Å²) in [5, 5.41) is 0. The Morgan fingerprint density at radius 1 is 1.69 bits per heavy atom. The summed E-state index contributed by atoms with van der Waals surface area (Å²) in [5.41, 5.74) is 3.24. The first-order valence-electron chi connectivity index (χ1n) is 3.81. The van der Waals surface area contributed by atoms with E-state index in [-0.39, 0.29) is 0 Å². The molecule has 0 saturated heterocycles. The Bertz CT molecular complexity index is 300. The van der Waals surface area contributed by atoms with E-state index in [1.165, 1.54) is 6.33 Å². The van der Waals surface area contributed by atoms with Gasteiger partial charge in [0.1, 0.15) is 18.8 Å². The Balaban J connectivity index is 2.87. The van der Waals surface area contributed by atoms with Crippen molar-refractivity contribution < 1.29 is 4.74 Å². The average molecular weight is 180 g/mol. The van der Waals surface area contributed by atoms with Crippen molar-refractivity contribution in [2.75, 3.05) is 12.0 Å². The molecule has 5 nitrogen and oxygen atoms in total. The number of rotatable bonds is 4. The van der Waals surface area contributed by atoms with E-state index >= 15 is 0 Å². The van der Waals surface area contributed by atoms with E-state index in [1.54, 1.807) is 6.08 Å². The lowest BCUT2D eigenvalue weighted by molar-refractivity contribution is 0.345. The zero-order chi connectivity index (χ0) is 9.68. The van der Waals surface area contributed by atoms with Crippen molar-refractivity contribution in [2.24, 2.45) is 5.84 Å². The van der Waals surface area contributed by atoms with Gasteiger partial charge in [0.2, 0.25) is 5.88 Å². The van der Waals surface area contributed by atoms with Crippen LogP contribution in [0.4, 0.5) is 5.82 Å². The maximum absolute atomic E-state index is 5.26. The van der Waals surface area contributed by atoms with E-state index in [0.29, 0.717) is 18.3 Å². The van der Waals surface area contributed by atoms with Gasteiger partial charge in [-0.15, -0.1) is 0 Å². The molecule has 1 heterocycles. The van der Waals surface area contributed by atoms with Crippen LogP contribution in [-0.2, 0) is 0 Å². The van der Waals surface area contributed by atoms with Gasteiger partial charge < -0.3 is 10.2 Å². The molecule has 0 spiro atoms. The third-order valence-corrected chi connectivity index (χ3v) is 1.51. The quantitative estimate of drug-likeness (QED) is 0.404. The number of hydrazine groups is 1. The van der Waals surface area contributed by atoms with Gasteiger partial charge in [-0.3, -0.25) is 0 Å². The summed E-state index contributed by atoms with van der Waals surface area (Å²) in [6.07, 6.45) is 3.04. The molecule has 1 aromatic rings. The molecular weight excluding hydrogens is 168 g/mol. The Labute approximate surface area is 76.6 Å². The van der Waals surface area contributed by atoms with Gasteiger partial charge in [0, 0.05) is 0 Å². The molecule has 0 amide bonds. The molecule has 5 heteroatoms. The maximum Gasteiger partial charge on any atom is 0.221 e. The second-order valence-electron chi connectivity index (χ2n) is 2.40. The number of hydrogen-bond acceptors (Lipinski definition) is 5. The summed E-state index contributed by atoms with van der Waals surface area (Å²) in [7, 11) is 0. The van der Waals surface area contributed by atoms with Gasteiger partial charge in [0.15, 0.2) is 0 Å². The van der Waals surface area contributed by atoms with Crippen molar-refractivity contribution >= 4 is 5.82 Å². The van der Waals surface area contributed by atoms with Crippen LogP contribution in [0.5, 0.6) is 5.88 Å². The first-order valence-corrected chi connectivity index (χ1v) is 3.81. The summed E-state index contributed by atoms with van der Waals surface area (Å²) in [6, 6.07) is 0. The van der Waals surface area contributed by atoms with Gasteiger partial charge in [-0.2, -0.15) is 0 Å². The van der Waals surface area contributed by atoms with Crippen LogP contribution in [0, 0.1) is 6.92 Å². The van der Waals surface area contributed by atoms with Crippen LogP contribution >= 0.6 is 0 Å². The predicted molar refractivity (Wildman–Crippen MR) is 50.3 cm³/mol. The van der Waals surface area contributed by atoms with Gasteiger partial charge in [-0.1, -0.05) is 12.7 Å². The molecule has 0 atom stereocenters. The Kier molecular flexibility index (Phi) is 3.22. The van der Waals surface area contributed by atoms with Crippen LogP contribution in [0.15, 0.2) is 19.0 Å². The molecule has 0 unspecified atom stereocenters. The highest BCUT2D eigenvalue weighted by molar-refractivity contribution is 5.46. The van der Waals surface area contributed by atoms with Crippen LogP contribution in [0.1, 0.15) is 5.56 Å². The van der Waals surface area contributed by atoms with Crippen LogP contribution < -0.4 is 16.0 Å². The minimum Gasteiger partial charge on any atom is -0.473 e. The van der Waals surface area contributed by atoms with Crippen molar-refractivity contribution in [1.82, 2.24) is 9.97 Å². The summed E-state index contributed by atoms with van der Waals surface area (Å²) in [4.78, 5) is 7.86. The van der Waals surface area contributed by atoms with Crippen LogP contribution in [-0.4, -0.2) is 16.6 Å². The standard InChI is InChI=1S/C8H12N4O/c1-3-4-13-8-6(2)7(12-9)10-5-11-8/h3,5H,1,4,9H2,2H3,(H,10,11,12). The highest BCUT2D eigenvalue weighted by Gasteiger charge is 2.05. The molecule has 0 aromatic carbocycles. The second-order valence-corrected chi connectivity index (χ2v) is 2.40. The Morgan fingerprint density at radius 3 is 3.08 bits per heavy atom. The van der Waals surface area contributed by atoms with E-state index < -0.39 is 0 Å². The first kappa shape index (κ1) is 9.47. The van der Waals surface area contributed by atoms with Gasteiger partial charge in [-0.05, 0) is 6.92 Å². The van der Waals surface area contributed by atoms with Crippen molar-refractivity contribution in [2.45, 2.75) is 6.92 Å². The molecule has 0 saturated carbocycles. The van der Waals surface area contributed by atoms with Gasteiger partial charge in [0.05, 0.1) is 5.56 Å². The normalized spacial score (nSPS) is 9.38. The number of nitrogens with two attached hydrogens (primary N) is 1. The summed E-state index contributed by atoms with van der Waals surface area (Å²) in [5.74, 6) is 6.31. The molecule has 0 fully saturated rings. The van der Waals surface area contributed by atoms with Gasteiger partial charge in [0.25, 0.3) is 0 Å². The Hall–Kier alpha value is -1.62. The largest absolute Gasteiger partial charge is 0.473 e. The van der Waals surface area contributed by atoms with Crippen molar-refractivity contribution in [3.05, 3.63) is 24.5 Å². The molecule has 1 aromatic heterocycles. The minimum absolute atomic E-state index is 0.419. The highest BCUT2D eigenvalue weighted by Crippen LogP contribution is 2.18. The smallest absolute Gasteiger partial charge is 0.221 e. The number of anilines is 1. The van der Waals surface area contributed by atoms with E-state index in [9.17, 15) is 0 Å². The topological polar surface area (TPSA) is 73.1 Å². The number of nitrogen functional groups attached to an aromatic ring is 1. The molecule has 0 radical (unpaired) electrons. The second kappa shape index (κ2) is 4.42.